The van der Waals surface area contributed by atoms with Gasteiger partial charge in [-0.15, -0.1) is 0 Å². The Morgan fingerprint density at radius 2 is 2.08 bits per heavy atom. The summed E-state index contributed by atoms with van der Waals surface area (Å²) in [7, 11) is 0. The van der Waals surface area contributed by atoms with E-state index in [0.29, 0.717) is 63.9 Å². The maximum atomic E-state index is 17.1. The first kappa shape index (κ1) is 31.9. The van der Waals surface area contributed by atoms with Crippen LogP contribution in [0.25, 0.3) is 32.9 Å². The fourth-order valence-electron chi connectivity index (χ4n) is 8.62. The highest BCUT2D eigenvalue weighted by Gasteiger charge is 2.51. The summed E-state index contributed by atoms with van der Waals surface area (Å²) in [5.41, 5.74) is 4.36. The number of nitriles is 1. The molecule has 3 aliphatic heterocycles. The number of aryl methyl sites for hydroxylation is 2. The SMILES string of the molecule is Cc1nc2c(F)c(-c3cccc(Cl)c3Cl)c(CCC#N)cc2c2c1cc(C1CC(OCc3cnco3)CN1C(=O)C1CC1)n2C1C2CNC1C2. The van der Waals surface area contributed by atoms with Crippen molar-refractivity contribution in [2.45, 2.75) is 76.3 Å². The number of pyridine rings is 1. The number of ether oxygens (including phenoxy) is 1. The highest BCUT2D eigenvalue weighted by Crippen LogP contribution is 2.51. The largest absolute Gasteiger partial charge is 0.446 e. The van der Waals surface area contributed by atoms with Crippen molar-refractivity contribution in [3.05, 3.63) is 81.5 Å². The minimum atomic E-state index is -0.485. The number of nitrogens with zero attached hydrogens (tertiary/aromatic N) is 5. The van der Waals surface area contributed by atoms with Crippen molar-refractivity contribution in [2.24, 2.45) is 11.8 Å². The van der Waals surface area contributed by atoms with Crippen molar-refractivity contribution < 1.29 is 18.3 Å². The van der Waals surface area contributed by atoms with E-state index in [1.54, 1.807) is 24.4 Å². The molecule has 1 N–H and O–H groups in total. The zero-order valence-electron chi connectivity index (χ0n) is 27.5. The molecular formula is C38H35Cl2FN6O3. The Bertz CT molecular complexity index is 2200. The van der Waals surface area contributed by atoms with Crippen LogP contribution in [0.4, 0.5) is 4.39 Å². The number of fused-ring (bicyclic) bond motifs is 4. The van der Waals surface area contributed by atoms with Crippen molar-refractivity contribution >= 4 is 50.9 Å². The molecule has 6 heterocycles. The van der Waals surface area contributed by atoms with E-state index in [1.807, 2.05) is 17.9 Å². The monoisotopic (exact) mass is 712 g/mol. The average Bonchev–Trinajstić information content (AvgIpc) is 3.62. The number of nitrogens with one attached hydrogen (secondary N) is 1. The number of benzene rings is 2. The number of amides is 1. The third kappa shape index (κ3) is 5.12. The highest BCUT2D eigenvalue weighted by molar-refractivity contribution is 6.43. The van der Waals surface area contributed by atoms with Gasteiger partial charge in [0.2, 0.25) is 5.91 Å². The zero-order valence-corrected chi connectivity index (χ0v) is 29.0. The number of aromatic nitrogens is 3. The van der Waals surface area contributed by atoms with E-state index in [2.05, 4.69) is 27.0 Å². The Morgan fingerprint density at radius 1 is 1.22 bits per heavy atom. The second kappa shape index (κ2) is 12.3. The number of halogens is 3. The standard InChI is InChI=1S/C38H35Cl2FN6O3/c1-19-26-13-31(30-12-23(49-17-24-15-43-18-50-24)16-46(30)38(48)20-7-8-20)47(36-22-11-29(36)44-14-22)37(26)27-10-21(4-3-9-42)32(34(41)35(27)45-19)25-5-2-6-28(39)33(25)40/h2,5-6,10,13,15,18,20,22-23,29-30,36,44H,3-4,7-8,11-12,14,16-17H2,1H3. The Morgan fingerprint density at radius 3 is 2.80 bits per heavy atom. The van der Waals surface area contributed by atoms with Crippen molar-refractivity contribution in [1.82, 2.24) is 24.8 Å². The molecule has 2 bridgehead atoms. The van der Waals surface area contributed by atoms with Crippen LogP contribution in [0.2, 0.25) is 10.0 Å². The van der Waals surface area contributed by atoms with Gasteiger partial charge in [-0.05, 0) is 62.3 Å². The van der Waals surface area contributed by atoms with Crippen LogP contribution >= 0.6 is 23.2 Å². The van der Waals surface area contributed by atoms with Gasteiger partial charge in [0, 0.05) is 71.2 Å². The van der Waals surface area contributed by atoms with Gasteiger partial charge in [0.05, 0.1) is 46.0 Å². The number of carbonyl (C=O) groups excluding carboxylic acids is 1. The molecular weight excluding hydrogens is 678 g/mol. The van der Waals surface area contributed by atoms with Gasteiger partial charge in [-0.3, -0.25) is 4.79 Å². The molecule has 5 unspecified atom stereocenters. The summed E-state index contributed by atoms with van der Waals surface area (Å²) in [5, 5.41) is 15.5. The lowest BCUT2D eigenvalue weighted by Gasteiger charge is -2.39. The van der Waals surface area contributed by atoms with Crippen molar-refractivity contribution in [3.63, 3.8) is 0 Å². The number of hydrogen-bond donors (Lipinski definition) is 1. The van der Waals surface area contributed by atoms with E-state index in [-0.39, 0.29) is 59.6 Å². The van der Waals surface area contributed by atoms with E-state index in [9.17, 15) is 10.1 Å². The van der Waals surface area contributed by atoms with Crippen molar-refractivity contribution in [2.75, 3.05) is 13.1 Å². The van der Waals surface area contributed by atoms with E-state index in [4.69, 9.17) is 37.3 Å². The predicted octanol–water partition coefficient (Wildman–Crippen LogP) is 7.86. The van der Waals surface area contributed by atoms with Crippen molar-refractivity contribution in [3.8, 4) is 17.2 Å². The normalized spacial score (nSPS) is 24.3. The first-order valence-corrected chi connectivity index (χ1v) is 18.1. The van der Waals surface area contributed by atoms with Gasteiger partial charge in [-0.25, -0.2) is 14.4 Å². The van der Waals surface area contributed by atoms with Crippen LogP contribution in [0.5, 0.6) is 0 Å². The number of carbonyl (C=O) groups is 1. The molecule has 3 saturated heterocycles. The lowest BCUT2D eigenvalue weighted by atomic mass is 9.79. The van der Waals surface area contributed by atoms with Crippen molar-refractivity contribution in [1.29, 1.82) is 5.26 Å². The molecule has 0 radical (unpaired) electrons. The number of hydrogen-bond acceptors (Lipinski definition) is 7. The van der Waals surface area contributed by atoms with Crippen LogP contribution in [0, 0.1) is 35.9 Å². The topological polar surface area (TPSA) is 109 Å². The number of oxazole rings is 1. The van der Waals surface area contributed by atoms with E-state index in [0.717, 1.165) is 42.4 Å². The maximum Gasteiger partial charge on any atom is 0.226 e. The molecule has 0 spiro atoms. The fraction of sp³-hybridized carbons (Fsp3) is 0.421. The molecule has 10 rings (SSSR count). The summed E-state index contributed by atoms with van der Waals surface area (Å²) in [6, 6.07) is 11.8. The lowest BCUT2D eigenvalue weighted by Crippen LogP contribution is -2.41. The van der Waals surface area contributed by atoms with Crippen LogP contribution in [0.1, 0.15) is 66.9 Å². The third-order valence-corrected chi connectivity index (χ3v) is 12.0. The first-order chi connectivity index (χ1) is 24.3. The third-order valence-electron chi connectivity index (χ3n) is 11.2. The molecule has 5 fully saturated rings. The Balaban J connectivity index is 1.25. The summed E-state index contributed by atoms with van der Waals surface area (Å²) in [5.74, 6) is 0.779. The molecule has 1 amide bonds. The van der Waals surface area contributed by atoms with Gasteiger partial charge < -0.3 is 23.9 Å². The minimum absolute atomic E-state index is 0.0441. The molecule has 5 atom stereocenters. The number of likely N-dealkylation sites (tertiary alicyclic amines) is 1. The summed E-state index contributed by atoms with van der Waals surface area (Å²) < 4.78 is 31.3. The highest BCUT2D eigenvalue weighted by atomic mass is 35.5. The molecule has 50 heavy (non-hydrogen) atoms. The van der Waals surface area contributed by atoms with E-state index in [1.165, 1.54) is 6.39 Å². The van der Waals surface area contributed by atoms with Gasteiger partial charge in [0.15, 0.2) is 12.2 Å². The van der Waals surface area contributed by atoms with E-state index < -0.39 is 5.82 Å². The second-order valence-electron chi connectivity index (χ2n) is 14.2. The minimum Gasteiger partial charge on any atom is -0.446 e. The molecule has 5 aromatic rings. The lowest BCUT2D eigenvalue weighted by molar-refractivity contribution is -0.134. The summed E-state index contributed by atoms with van der Waals surface area (Å²) >= 11 is 13.1. The van der Waals surface area contributed by atoms with Crippen LogP contribution in [-0.2, 0) is 22.6 Å². The van der Waals surface area contributed by atoms with Gasteiger partial charge in [0.25, 0.3) is 0 Å². The van der Waals surface area contributed by atoms with Gasteiger partial charge in [-0.1, -0.05) is 35.3 Å². The van der Waals surface area contributed by atoms with Gasteiger partial charge in [0.1, 0.15) is 17.9 Å². The fourth-order valence-corrected chi connectivity index (χ4v) is 9.01. The van der Waals surface area contributed by atoms with Crippen LogP contribution in [0.15, 0.2) is 47.3 Å². The van der Waals surface area contributed by atoms with Gasteiger partial charge >= 0.3 is 0 Å². The van der Waals surface area contributed by atoms with E-state index >= 15 is 4.39 Å². The Labute approximate surface area is 298 Å². The van der Waals surface area contributed by atoms with Crippen LogP contribution < -0.4 is 5.32 Å². The quantitative estimate of drug-likeness (QED) is 0.166. The molecule has 9 nitrogen and oxygen atoms in total. The van der Waals surface area contributed by atoms with Crippen LogP contribution in [0.3, 0.4) is 0 Å². The van der Waals surface area contributed by atoms with Gasteiger partial charge in [-0.2, -0.15) is 5.26 Å². The van der Waals surface area contributed by atoms with Crippen LogP contribution in [-0.4, -0.2) is 50.6 Å². The molecule has 2 saturated carbocycles. The molecule has 2 aromatic carbocycles. The summed E-state index contributed by atoms with van der Waals surface area (Å²) in [6.07, 6.45) is 6.89. The predicted molar refractivity (Wildman–Crippen MR) is 187 cm³/mol. The second-order valence-corrected chi connectivity index (χ2v) is 15.0. The zero-order chi connectivity index (χ0) is 34.3. The Kier molecular flexibility index (Phi) is 7.88. The average molecular weight is 714 g/mol. The Hall–Kier alpha value is -4.01. The molecule has 5 aliphatic rings. The first-order valence-electron chi connectivity index (χ1n) is 17.3. The maximum absolute atomic E-state index is 17.1. The molecule has 12 heteroatoms. The molecule has 3 aromatic heterocycles. The molecule has 256 valence electrons. The smallest absolute Gasteiger partial charge is 0.226 e. The summed E-state index contributed by atoms with van der Waals surface area (Å²) in [4.78, 5) is 24.8. The molecule has 2 aliphatic carbocycles. The summed E-state index contributed by atoms with van der Waals surface area (Å²) in [6.45, 7) is 3.59. The number of rotatable bonds is 9.